The largest absolute Gasteiger partial charge is 0.389 e. The number of anilines is 1. The van der Waals surface area contributed by atoms with Gasteiger partial charge >= 0.3 is 0 Å². The van der Waals surface area contributed by atoms with Crippen LogP contribution in [0.2, 0.25) is 5.02 Å². The molecule has 0 fully saturated rings. The number of hydrogen-bond acceptors (Lipinski definition) is 3. The van der Waals surface area contributed by atoms with E-state index < -0.39 is 0 Å². The predicted molar refractivity (Wildman–Crippen MR) is 88.2 cm³/mol. The molecule has 0 saturated carbocycles. The number of nitrogens with two attached hydrogens (primary N) is 1. The molecule has 3 N–H and O–H groups in total. The molecule has 106 valence electrons. The highest BCUT2D eigenvalue weighted by Crippen LogP contribution is 2.20. The molecule has 0 spiro atoms. The van der Waals surface area contributed by atoms with Gasteiger partial charge in [-0.25, -0.2) is 0 Å². The van der Waals surface area contributed by atoms with E-state index >= 15 is 0 Å². The standard InChI is InChI=1S/C14H22ClN3S/c1-3-8-18(4-2)9-7-17-11-5-6-12(14(16)19)13(15)10-11/h5-6,10,17H,3-4,7-9H2,1-2H3,(H2,16,19). The van der Waals surface area contributed by atoms with Gasteiger partial charge in [-0.15, -0.1) is 0 Å². The molecule has 0 heterocycles. The first-order valence-electron chi connectivity index (χ1n) is 6.64. The van der Waals surface area contributed by atoms with Crippen LogP contribution in [0.4, 0.5) is 5.69 Å². The molecule has 0 bridgehead atoms. The fourth-order valence-corrected chi connectivity index (χ4v) is 2.44. The van der Waals surface area contributed by atoms with E-state index in [1.54, 1.807) is 0 Å². The Morgan fingerprint density at radius 1 is 1.37 bits per heavy atom. The SMILES string of the molecule is CCCN(CC)CCNc1ccc(C(N)=S)c(Cl)c1. The van der Waals surface area contributed by atoms with Crippen molar-refractivity contribution in [3.8, 4) is 0 Å². The summed E-state index contributed by atoms with van der Waals surface area (Å²) in [7, 11) is 0. The highest BCUT2D eigenvalue weighted by Gasteiger charge is 2.05. The highest BCUT2D eigenvalue weighted by molar-refractivity contribution is 7.80. The second-order valence-electron chi connectivity index (χ2n) is 4.42. The van der Waals surface area contributed by atoms with E-state index in [4.69, 9.17) is 29.6 Å². The number of nitrogens with zero attached hydrogens (tertiary/aromatic N) is 1. The Hall–Kier alpha value is -0.840. The zero-order valence-corrected chi connectivity index (χ0v) is 13.2. The van der Waals surface area contributed by atoms with Crippen LogP contribution >= 0.6 is 23.8 Å². The summed E-state index contributed by atoms with van der Waals surface area (Å²) >= 11 is 11.1. The normalized spacial score (nSPS) is 10.7. The molecule has 0 aliphatic carbocycles. The van der Waals surface area contributed by atoms with Crippen LogP contribution in [0.25, 0.3) is 0 Å². The number of nitrogens with one attached hydrogen (secondary N) is 1. The van der Waals surface area contributed by atoms with E-state index in [1.165, 1.54) is 6.42 Å². The summed E-state index contributed by atoms with van der Waals surface area (Å²) in [5.74, 6) is 0. The zero-order valence-electron chi connectivity index (χ0n) is 11.6. The summed E-state index contributed by atoms with van der Waals surface area (Å²) < 4.78 is 0. The van der Waals surface area contributed by atoms with Crippen molar-refractivity contribution in [2.24, 2.45) is 5.73 Å². The third kappa shape index (κ3) is 5.35. The Morgan fingerprint density at radius 2 is 2.11 bits per heavy atom. The van der Waals surface area contributed by atoms with Crippen LogP contribution in [0, 0.1) is 0 Å². The summed E-state index contributed by atoms with van der Waals surface area (Å²) in [5, 5.41) is 3.96. The maximum absolute atomic E-state index is 6.12. The van der Waals surface area contributed by atoms with E-state index in [0.29, 0.717) is 10.0 Å². The van der Waals surface area contributed by atoms with Crippen molar-refractivity contribution in [1.82, 2.24) is 4.90 Å². The first-order chi connectivity index (χ1) is 9.08. The average Bonchev–Trinajstić information content (AvgIpc) is 2.37. The van der Waals surface area contributed by atoms with Crippen LogP contribution in [-0.4, -0.2) is 36.1 Å². The lowest BCUT2D eigenvalue weighted by Gasteiger charge is -2.20. The quantitative estimate of drug-likeness (QED) is 0.724. The first-order valence-corrected chi connectivity index (χ1v) is 7.42. The molecule has 0 aromatic heterocycles. The number of rotatable bonds is 8. The third-order valence-corrected chi connectivity index (χ3v) is 3.51. The maximum Gasteiger partial charge on any atom is 0.105 e. The van der Waals surface area contributed by atoms with Crippen LogP contribution in [0.3, 0.4) is 0 Å². The molecule has 0 amide bonds. The van der Waals surface area contributed by atoms with Crippen molar-refractivity contribution in [3.05, 3.63) is 28.8 Å². The summed E-state index contributed by atoms with van der Waals surface area (Å²) in [6.45, 7) is 8.53. The summed E-state index contributed by atoms with van der Waals surface area (Å²) in [5.41, 5.74) is 7.30. The summed E-state index contributed by atoms with van der Waals surface area (Å²) in [6.07, 6.45) is 1.18. The molecule has 1 aromatic rings. The minimum Gasteiger partial charge on any atom is -0.389 e. The highest BCUT2D eigenvalue weighted by atomic mass is 35.5. The molecular weight excluding hydrogens is 278 g/mol. The van der Waals surface area contributed by atoms with Gasteiger partial charge in [0.25, 0.3) is 0 Å². The molecule has 5 heteroatoms. The third-order valence-electron chi connectivity index (χ3n) is 2.98. The Morgan fingerprint density at radius 3 is 2.63 bits per heavy atom. The molecule has 1 rings (SSSR count). The molecule has 0 aliphatic rings. The number of thiocarbonyl (C=S) groups is 1. The van der Waals surface area contributed by atoms with Crippen LogP contribution in [0.15, 0.2) is 18.2 Å². The lowest BCUT2D eigenvalue weighted by Crippen LogP contribution is -2.29. The van der Waals surface area contributed by atoms with Gasteiger partial charge in [0.2, 0.25) is 0 Å². The summed E-state index contributed by atoms with van der Waals surface area (Å²) in [4.78, 5) is 2.74. The molecular formula is C14H22ClN3S. The van der Waals surface area contributed by atoms with Crippen molar-refractivity contribution in [1.29, 1.82) is 0 Å². The van der Waals surface area contributed by atoms with Crippen LogP contribution in [-0.2, 0) is 0 Å². The monoisotopic (exact) mass is 299 g/mol. The van der Waals surface area contributed by atoms with E-state index in [1.807, 2.05) is 18.2 Å². The van der Waals surface area contributed by atoms with E-state index in [-0.39, 0.29) is 0 Å². The molecule has 3 nitrogen and oxygen atoms in total. The molecule has 0 unspecified atom stereocenters. The Labute approximate surface area is 126 Å². The second-order valence-corrected chi connectivity index (χ2v) is 5.27. The Bertz CT molecular complexity index is 423. The van der Waals surface area contributed by atoms with Gasteiger partial charge in [-0.1, -0.05) is 37.7 Å². The number of likely N-dealkylation sites (N-methyl/N-ethyl adjacent to an activating group) is 1. The van der Waals surface area contributed by atoms with Crippen molar-refractivity contribution < 1.29 is 0 Å². The van der Waals surface area contributed by atoms with Crippen molar-refractivity contribution in [2.75, 3.05) is 31.5 Å². The lowest BCUT2D eigenvalue weighted by molar-refractivity contribution is 0.300. The van der Waals surface area contributed by atoms with Gasteiger partial charge < -0.3 is 16.0 Å². The smallest absolute Gasteiger partial charge is 0.105 e. The molecule has 19 heavy (non-hydrogen) atoms. The zero-order chi connectivity index (χ0) is 14.3. The van der Waals surface area contributed by atoms with Gasteiger partial charge in [-0.2, -0.15) is 0 Å². The fourth-order valence-electron chi connectivity index (χ4n) is 1.93. The van der Waals surface area contributed by atoms with E-state index in [0.717, 1.165) is 37.4 Å². The van der Waals surface area contributed by atoms with Gasteiger partial charge in [-0.05, 0) is 37.7 Å². The van der Waals surface area contributed by atoms with Gasteiger partial charge in [-0.3, -0.25) is 0 Å². The molecule has 1 aromatic carbocycles. The van der Waals surface area contributed by atoms with Crippen LogP contribution in [0.5, 0.6) is 0 Å². The summed E-state index contributed by atoms with van der Waals surface area (Å²) in [6, 6.07) is 5.68. The Balaban J connectivity index is 2.50. The minimum atomic E-state index is 0.330. The molecule has 0 saturated heterocycles. The Kier molecular flexibility index (Phi) is 7.13. The number of halogens is 1. The molecule has 0 radical (unpaired) electrons. The first kappa shape index (κ1) is 16.2. The number of hydrogen-bond donors (Lipinski definition) is 2. The van der Waals surface area contributed by atoms with Gasteiger partial charge in [0, 0.05) is 24.3 Å². The van der Waals surface area contributed by atoms with Crippen LogP contribution in [0.1, 0.15) is 25.8 Å². The van der Waals surface area contributed by atoms with Crippen LogP contribution < -0.4 is 11.1 Å². The molecule has 0 aliphatic heterocycles. The van der Waals surface area contributed by atoms with E-state index in [9.17, 15) is 0 Å². The van der Waals surface area contributed by atoms with Gasteiger partial charge in [0.1, 0.15) is 4.99 Å². The molecule has 0 atom stereocenters. The average molecular weight is 300 g/mol. The fraction of sp³-hybridized carbons (Fsp3) is 0.500. The van der Waals surface area contributed by atoms with E-state index in [2.05, 4.69) is 24.1 Å². The van der Waals surface area contributed by atoms with Gasteiger partial charge in [0.15, 0.2) is 0 Å². The topological polar surface area (TPSA) is 41.3 Å². The number of benzene rings is 1. The second kappa shape index (κ2) is 8.35. The van der Waals surface area contributed by atoms with Crippen molar-refractivity contribution in [2.45, 2.75) is 20.3 Å². The van der Waals surface area contributed by atoms with Gasteiger partial charge in [0.05, 0.1) is 5.02 Å². The minimum absolute atomic E-state index is 0.330. The van der Waals surface area contributed by atoms with Crippen molar-refractivity contribution >= 4 is 34.5 Å². The predicted octanol–water partition coefficient (Wildman–Crippen LogP) is 3.12. The van der Waals surface area contributed by atoms with Crippen molar-refractivity contribution in [3.63, 3.8) is 0 Å². The maximum atomic E-state index is 6.12. The lowest BCUT2D eigenvalue weighted by atomic mass is 10.2.